The van der Waals surface area contributed by atoms with E-state index in [-0.39, 0.29) is 4.90 Å². The van der Waals surface area contributed by atoms with Crippen molar-refractivity contribution in [3.05, 3.63) is 77.4 Å². The standard InChI is InChI=1S/C18H14O3S/c19-12-10-16-14-8-4-5-9-15(14)18(17(16)11-12)22(20,21)13-6-2-1-3-7-13/h1-10,12,19H,11H2. The van der Waals surface area contributed by atoms with Crippen LogP contribution in [-0.2, 0) is 9.84 Å². The van der Waals surface area contributed by atoms with Gasteiger partial charge in [0, 0.05) is 12.0 Å². The Bertz CT molecular complexity index is 922. The Morgan fingerprint density at radius 3 is 2.27 bits per heavy atom. The topological polar surface area (TPSA) is 54.4 Å². The smallest absolute Gasteiger partial charge is 0.207 e. The van der Waals surface area contributed by atoms with Crippen molar-refractivity contribution >= 4 is 20.3 Å². The molecule has 2 aliphatic carbocycles. The number of aliphatic hydroxyl groups is 1. The van der Waals surface area contributed by atoms with Crippen molar-refractivity contribution in [3.63, 3.8) is 0 Å². The number of aliphatic hydroxyl groups excluding tert-OH is 1. The lowest BCUT2D eigenvalue weighted by Crippen LogP contribution is -2.06. The monoisotopic (exact) mass is 310 g/mol. The number of hydrogen-bond acceptors (Lipinski definition) is 3. The molecule has 1 atom stereocenters. The van der Waals surface area contributed by atoms with E-state index < -0.39 is 15.9 Å². The Morgan fingerprint density at radius 2 is 1.55 bits per heavy atom. The number of sulfone groups is 1. The third-order valence-electron chi connectivity index (χ3n) is 4.16. The molecule has 2 aromatic carbocycles. The fourth-order valence-corrected chi connectivity index (χ4v) is 4.98. The Labute approximate surface area is 129 Å². The molecular formula is C18H14O3S. The molecule has 0 aliphatic heterocycles. The van der Waals surface area contributed by atoms with Crippen molar-refractivity contribution in [2.24, 2.45) is 0 Å². The molecule has 2 aromatic rings. The van der Waals surface area contributed by atoms with Crippen LogP contribution >= 0.6 is 0 Å². The maximum absolute atomic E-state index is 13.1. The van der Waals surface area contributed by atoms with Crippen LogP contribution in [0.25, 0.3) is 10.5 Å². The SMILES string of the molecule is O=S(=O)(C1=C2CC(O)C=C2c2ccccc21)c1ccccc1. The molecule has 110 valence electrons. The highest BCUT2D eigenvalue weighted by Gasteiger charge is 2.38. The van der Waals surface area contributed by atoms with Gasteiger partial charge in [0.1, 0.15) is 0 Å². The number of fused-ring (bicyclic) bond motifs is 3. The first-order valence-corrected chi connectivity index (χ1v) is 8.60. The fraction of sp³-hybridized carbons (Fsp3) is 0.111. The number of allylic oxidation sites excluding steroid dienone is 1. The van der Waals surface area contributed by atoms with Crippen molar-refractivity contribution in [3.8, 4) is 0 Å². The summed E-state index contributed by atoms with van der Waals surface area (Å²) in [5.41, 5.74) is 3.22. The van der Waals surface area contributed by atoms with Crippen LogP contribution in [0.4, 0.5) is 0 Å². The predicted octanol–water partition coefficient (Wildman–Crippen LogP) is 3.03. The number of hydrogen-bond donors (Lipinski definition) is 1. The van der Waals surface area contributed by atoms with E-state index in [0.29, 0.717) is 11.3 Å². The highest BCUT2D eigenvalue weighted by atomic mass is 32.2. The van der Waals surface area contributed by atoms with Gasteiger partial charge in [0.15, 0.2) is 0 Å². The lowest BCUT2D eigenvalue weighted by atomic mass is 10.1. The van der Waals surface area contributed by atoms with Gasteiger partial charge < -0.3 is 5.11 Å². The summed E-state index contributed by atoms with van der Waals surface area (Å²) in [6.45, 7) is 0. The molecule has 3 nitrogen and oxygen atoms in total. The Kier molecular flexibility index (Phi) is 2.86. The van der Waals surface area contributed by atoms with E-state index in [0.717, 1.165) is 22.3 Å². The van der Waals surface area contributed by atoms with E-state index >= 15 is 0 Å². The summed E-state index contributed by atoms with van der Waals surface area (Å²) in [5, 5.41) is 9.91. The summed E-state index contributed by atoms with van der Waals surface area (Å²) < 4.78 is 26.2. The maximum atomic E-state index is 13.1. The van der Waals surface area contributed by atoms with Gasteiger partial charge in [-0.2, -0.15) is 0 Å². The lowest BCUT2D eigenvalue weighted by molar-refractivity contribution is 0.231. The summed E-state index contributed by atoms with van der Waals surface area (Å²) in [6.07, 6.45) is 1.49. The van der Waals surface area contributed by atoms with Gasteiger partial charge in [0.25, 0.3) is 0 Å². The Hall–Kier alpha value is -2.17. The lowest BCUT2D eigenvalue weighted by Gasteiger charge is -2.10. The van der Waals surface area contributed by atoms with Gasteiger partial charge in [-0.1, -0.05) is 42.5 Å². The van der Waals surface area contributed by atoms with Crippen LogP contribution in [-0.4, -0.2) is 19.6 Å². The highest BCUT2D eigenvalue weighted by molar-refractivity contribution is 8.00. The molecular weight excluding hydrogens is 296 g/mol. The Balaban J connectivity index is 2.01. The molecule has 4 heteroatoms. The van der Waals surface area contributed by atoms with Gasteiger partial charge in [-0.3, -0.25) is 0 Å². The first-order valence-electron chi connectivity index (χ1n) is 7.12. The molecule has 0 radical (unpaired) electrons. The maximum Gasteiger partial charge on any atom is 0.207 e. The molecule has 0 saturated heterocycles. The van der Waals surface area contributed by atoms with Gasteiger partial charge in [-0.15, -0.1) is 0 Å². The van der Waals surface area contributed by atoms with E-state index in [9.17, 15) is 13.5 Å². The average molecular weight is 310 g/mol. The van der Waals surface area contributed by atoms with E-state index in [2.05, 4.69) is 0 Å². The van der Waals surface area contributed by atoms with Crippen molar-refractivity contribution in [2.45, 2.75) is 17.4 Å². The summed E-state index contributed by atoms with van der Waals surface area (Å²) in [4.78, 5) is 0.632. The van der Waals surface area contributed by atoms with Crippen molar-refractivity contribution < 1.29 is 13.5 Å². The summed E-state index contributed by atoms with van der Waals surface area (Å²) in [5.74, 6) is 0. The second kappa shape index (κ2) is 4.66. The van der Waals surface area contributed by atoms with Crippen LogP contribution in [0.3, 0.4) is 0 Å². The molecule has 0 spiro atoms. The van der Waals surface area contributed by atoms with E-state index in [4.69, 9.17) is 0 Å². The quantitative estimate of drug-likeness (QED) is 0.927. The third kappa shape index (κ3) is 1.81. The first-order chi connectivity index (χ1) is 10.6. The summed E-state index contributed by atoms with van der Waals surface area (Å²) in [6, 6.07) is 15.9. The zero-order chi connectivity index (χ0) is 15.3. The molecule has 0 aromatic heterocycles. The molecule has 0 amide bonds. The second-order valence-electron chi connectivity index (χ2n) is 5.52. The van der Waals surface area contributed by atoms with E-state index in [1.54, 1.807) is 36.4 Å². The minimum atomic E-state index is -3.60. The van der Waals surface area contributed by atoms with Gasteiger partial charge in [-0.05, 0) is 34.9 Å². The van der Waals surface area contributed by atoms with E-state index in [1.807, 2.05) is 24.3 Å². The molecule has 0 bridgehead atoms. The largest absolute Gasteiger partial charge is 0.389 e. The zero-order valence-corrected chi connectivity index (χ0v) is 12.5. The second-order valence-corrected chi connectivity index (χ2v) is 7.41. The predicted molar refractivity (Wildman–Crippen MR) is 85.6 cm³/mol. The zero-order valence-electron chi connectivity index (χ0n) is 11.7. The minimum Gasteiger partial charge on any atom is -0.389 e. The number of benzene rings is 2. The molecule has 1 unspecified atom stereocenters. The van der Waals surface area contributed by atoms with E-state index in [1.165, 1.54) is 0 Å². The van der Waals surface area contributed by atoms with Crippen LogP contribution in [0.2, 0.25) is 0 Å². The molecule has 22 heavy (non-hydrogen) atoms. The van der Waals surface area contributed by atoms with Crippen LogP contribution in [0.15, 0.2) is 71.1 Å². The van der Waals surface area contributed by atoms with Gasteiger partial charge >= 0.3 is 0 Å². The van der Waals surface area contributed by atoms with Gasteiger partial charge in [-0.25, -0.2) is 8.42 Å². The third-order valence-corrected chi connectivity index (χ3v) is 6.05. The van der Waals surface area contributed by atoms with Crippen molar-refractivity contribution in [1.82, 2.24) is 0 Å². The number of rotatable bonds is 2. The Morgan fingerprint density at radius 1 is 0.909 bits per heavy atom. The van der Waals surface area contributed by atoms with Crippen LogP contribution in [0.5, 0.6) is 0 Å². The highest BCUT2D eigenvalue weighted by Crippen LogP contribution is 2.50. The molecule has 1 N–H and O–H groups in total. The molecule has 0 heterocycles. The molecule has 0 fully saturated rings. The summed E-state index contributed by atoms with van der Waals surface area (Å²) >= 11 is 0. The average Bonchev–Trinajstić information content (AvgIpc) is 3.03. The normalized spacial score (nSPS) is 19.9. The first kappa shape index (κ1) is 13.5. The van der Waals surface area contributed by atoms with Crippen LogP contribution < -0.4 is 0 Å². The van der Waals surface area contributed by atoms with Crippen molar-refractivity contribution in [2.75, 3.05) is 0 Å². The van der Waals surface area contributed by atoms with Gasteiger partial charge in [0.05, 0.1) is 15.9 Å². The van der Waals surface area contributed by atoms with Crippen LogP contribution in [0.1, 0.15) is 17.5 Å². The molecule has 2 aliphatic rings. The van der Waals surface area contributed by atoms with Gasteiger partial charge in [0.2, 0.25) is 9.84 Å². The molecule has 0 saturated carbocycles. The summed E-state index contributed by atoms with van der Waals surface area (Å²) in [7, 11) is -3.60. The fourth-order valence-electron chi connectivity index (χ4n) is 3.24. The van der Waals surface area contributed by atoms with Crippen molar-refractivity contribution in [1.29, 1.82) is 0 Å². The molecule has 4 rings (SSSR count). The van der Waals surface area contributed by atoms with Crippen LogP contribution in [0, 0.1) is 0 Å². The minimum absolute atomic E-state index is 0.287.